The lowest BCUT2D eigenvalue weighted by molar-refractivity contribution is 0.0697. The van der Waals surface area contributed by atoms with Gasteiger partial charge in [0.25, 0.3) is 0 Å². The fourth-order valence-corrected chi connectivity index (χ4v) is 2.09. The van der Waals surface area contributed by atoms with Gasteiger partial charge < -0.3 is 5.11 Å². The minimum atomic E-state index is -0.895. The third kappa shape index (κ3) is 2.68. The van der Waals surface area contributed by atoms with Gasteiger partial charge in [-0.1, -0.05) is 24.3 Å². The van der Waals surface area contributed by atoms with E-state index >= 15 is 0 Å². The summed E-state index contributed by atoms with van der Waals surface area (Å²) in [7, 11) is 0. The Hall–Kier alpha value is -1.74. The highest BCUT2D eigenvalue weighted by Gasteiger charge is 2.04. The number of aromatic carboxylic acids is 1. The van der Waals surface area contributed by atoms with Crippen molar-refractivity contribution in [3.63, 3.8) is 0 Å². The van der Waals surface area contributed by atoms with Crippen LogP contribution in [0.25, 0.3) is 11.1 Å². The van der Waals surface area contributed by atoms with Crippen LogP contribution in [-0.4, -0.2) is 17.3 Å². The number of hydrogen-bond donors (Lipinski definition) is 1. The summed E-state index contributed by atoms with van der Waals surface area (Å²) in [6, 6.07) is 15.1. The Kier molecular flexibility index (Phi) is 3.49. The van der Waals surface area contributed by atoms with Crippen LogP contribution in [0, 0.1) is 0 Å². The van der Waals surface area contributed by atoms with Crippen LogP contribution >= 0.6 is 11.8 Å². The van der Waals surface area contributed by atoms with Gasteiger partial charge in [-0.3, -0.25) is 0 Å². The minimum Gasteiger partial charge on any atom is -0.478 e. The molecule has 0 radical (unpaired) electrons. The maximum atomic E-state index is 10.9. The highest BCUT2D eigenvalue weighted by molar-refractivity contribution is 7.98. The molecule has 0 aliphatic carbocycles. The van der Waals surface area contributed by atoms with Crippen molar-refractivity contribution in [2.24, 2.45) is 0 Å². The van der Waals surface area contributed by atoms with Gasteiger partial charge in [-0.15, -0.1) is 11.8 Å². The molecule has 0 atom stereocenters. The molecule has 17 heavy (non-hydrogen) atoms. The van der Waals surface area contributed by atoms with E-state index in [4.69, 9.17) is 5.11 Å². The predicted molar refractivity (Wildman–Crippen MR) is 70.6 cm³/mol. The van der Waals surface area contributed by atoms with Crippen molar-refractivity contribution in [2.45, 2.75) is 4.90 Å². The second kappa shape index (κ2) is 5.06. The summed E-state index contributed by atoms with van der Waals surface area (Å²) in [5, 5.41) is 8.95. The van der Waals surface area contributed by atoms with E-state index in [1.807, 2.05) is 30.5 Å². The summed E-state index contributed by atoms with van der Waals surface area (Å²) in [6.07, 6.45) is 2.02. The lowest BCUT2D eigenvalue weighted by Crippen LogP contribution is -1.95. The third-order valence-electron chi connectivity index (χ3n) is 2.51. The van der Waals surface area contributed by atoms with E-state index in [0.717, 1.165) is 11.1 Å². The molecular formula is C14H12O2S. The van der Waals surface area contributed by atoms with Gasteiger partial charge in [-0.2, -0.15) is 0 Å². The van der Waals surface area contributed by atoms with Crippen LogP contribution in [0.2, 0.25) is 0 Å². The normalized spacial score (nSPS) is 10.2. The van der Waals surface area contributed by atoms with Crippen molar-refractivity contribution in [3.05, 3.63) is 54.1 Å². The average molecular weight is 244 g/mol. The first-order chi connectivity index (χ1) is 8.20. The molecule has 2 aromatic rings. The molecule has 0 saturated heterocycles. The molecule has 1 N–H and O–H groups in total. The first-order valence-electron chi connectivity index (χ1n) is 5.18. The van der Waals surface area contributed by atoms with Crippen LogP contribution < -0.4 is 0 Å². The topological polar surface area (TPSA) is 37.3 Å². The summed E-state index contributed by atoms with van der Waals surface area (Å²) in [6.45, 7) is 0. The maximum Gasteiger partial charge on any atom is 0.335 e. The fourth-order valence-electron chi connectivity index (χ4n) is 1.63. The Morgan fingerprint density at radius 3 is 2.35 bits per heavy atom. The van der Waals surface area contributed by atoms with E-state index in [1.54, 1.807) is 30.0 Å². The molecule has 0 amide bonds. The molecule has 0 heterocycles. The molecule has 0 fully saturated rings. The van der Waals surface area contributed by atoms with Gasteiger partial charge >= 0.3 is 5.97 Å². The van der Waals surface area contributed by atoms with E-state index in [2.05, 4.69) is 6.07 Å². The zero-order valence-electron chi connectivity index (χ0n) is 9.38. The van der Waals surface area contributed by atoms with Gasteiger partial charge in [0.15, 0.2) is 0 Å². The quantitative estimate of drug-likeness (QED) is 0.835. The second-order valence-corrected chi connectivity index (χ2v) is 4.50. The van der Waals surface area contributed by atoms with Crippen molar-refractivity contribution in [1.29, 1.82) is 0 Å². The summed E-state index contributed by atoms with van der Waals surface area (Å²) in [5.41, 5.74) is 2.29. The van der Waals surface area contributed by atoms with Gasteiger partial charge in [0.2, 0.25) is 0 Å². The first kappa shape index (κ1) is 11.7. The zero-order valence-corrected chi connectivity index (χ0v) is 10.2. The van der Waals surface area contributed by atoms with Crippen LogP contribution in [0.3, 0.4) is 0 Å². The van der Waals surface area contributed by atoms with Crippen molar-refractivity contribution < 1.29 is 9.90 Å². The molecule has 0 saturated carbocycles. The van der Waals surface area contributed by atoms with Crippen molar-refractivity contribution in [2.75, 3.05) is 6.26 Å². The van der Waals surface area contributed by atoms with E-state index in [-0.39, 0.29) is 0 Å². The second-order valence-electron chi connectivity index (χ2n) is 3.62. The Balaban J connectivity index is 2.45. The van der Waals surface area contributed by atoms with Crippen LogP contribution in [0.5, 0.6) is 0 Å². The Morgan fingerprint density at radius 1 is 1.06 bits per heavy atom. The van der Waals surface area contributed by atoms with E-state index in [1.165, 1.54) is 4.90 Å². The third-order valence-corrected chi connectivity index (χ3v) is 3.24. The Morgan fingerprint density at radius 2 is 1.71 bits per heavy atom. The molecule has 3 heteroatoms. The maximum absolute atomic E-state index is 10.9. The molecule has 2 aromatic carbocycles. The lowest BCUT2D eigenvalue weighted by atomic mass is 10.0. The zero-order chi connectivity index (χ0) is 12.3. The van der Waals surface area contributed by atoms with E-state index in [0.29, 0.717) is 5.56 Å². The molecule has 0 bridgehead atoms. The van der Waals surface area contributed by atoms with Gasteiger partial charge in [-0.05, 0) is 41.6 Å². The molecule has 2 nitrogen and oxygen atoms in total. The highest BCUT2D eigenvalue weighted by Crippen LogP contribution is 2.25. The van der Waals surface area contributed by atoms with Crippen LogP contribution in [0.4, 0.5) is 0 Å². The molecule has 0 aliphatic heterocycles. The SMILES string of the molecule is CSc1cccc(-c2cccc(C(=O)O)c2)c1. The smallest absolute Gasteiger partial charge is 0.335 e. The fraction of sp³-hybridized carbons (Fsp3) is 0.0714. The average Bonchev–Trinajstić information content (AvgIpc) is 2.39. The number of carboxylic acids is 1. The molecule has 2 rings (SSSR count). The standard InChI is InChI=1S/C14H12O2S/c1-17-13-7-3-5-11(9-13)10-4-2-6-12(8-10)14(15)16/h2-9H,1H3,(H,15,16). The predicted octanol–water partition coefficient (Wildman–Crippen LogP) is 3.77. The number of thioether (sulfide) groups is 1. The molecular weight excluding hydrogens is 232 g/mol. The number of carboxylic acid groups (broad SMARTS) is 1. The van der Waals surface area contributed by atoms with Crippen molar-refractivity contribution >= 4 is 17.7 Å². The van der Waals surface area contributed by atoms with Gasteiger partial charge in [0.05, 0.1) is 5.56 Å². The van der Waals surface area contributed by atoms with Crippen molar-refractivity contribution in [1.82, 2.24) is 0 Å². The number of carbonyl (C=O) groups is 1. The number of rotatable bonds is 3. The molecule has 0 aliphatic rings. The number of benzene rings is 2. The molecule has 0 spiro atoms. The van der Waals surface area contributed by atoms with E-state index in [9.17, 15) is 4.79 Å². The largest absolute Gasteiger partial charge is 0.478 e. The molecule has 0 aromatic heterocycles. The summed E-state index contributed by atoms with van der Waals surface area (Å²) >= 11 is 1.67. The number of hydrogen-bond acceptors (Lipinski definition) is 2. The Bertz CT molecular complexity index is 549. The monoisotopic (exact) mass is 244 g/mol. The summed E-state index contributed by atoms with van der Waals surface area (Å²) < 4.78 is 0. The van der Waals surface area contributed by atoms with Gasteiger partial charge in [0.1, 0.15) is 0 Å². The molecule has 0 unspecified atom stereocenters. The van der Waals surface area contributed by atoms with Crippen LogP contribution in [-0.2, 0) is 0 Å². The van der Waals surface area contributed by atoms with E-state index < -0.39 is 5.97 Å². The van der Waals surface area contributed by atoms with Crippen LogP contribution in [0.15, 0.2) is 53.4 Å². The lowest BCUT2D eigenvalue weighted by Gasteiger charge is -2.04. The summed E-state index contributed by atoms with van der Waals surface area (Å²) in [4.78, 5) is 12.1. The van der Waals surface area contributed by atoms with Gasteiger partial charge in [0, 0.05) is 4.90 Å². The molecule has 86 valence electrons. The highest BCUT2D eigenvalue weighted by atomic mass is 32.2. The minimum absolute atomic E-state index is 0.317. The Labute approximate surface area is 104 Å². The van der Waals surface area contributed by atoms with Crippen LogP contribution in [0.1, 0.15) is 10.4 Å². The summed E-state index contributed by atoms with van der Waals surface area (Å²) in [5.74, 6) is -0.895. The van der Waals surface area contributed by atoms with Gasteiger partial charge in [-0.25, -0.2) is 4.79 Å². The first-order valence-corrected chi connectivity index (χ1v) is 6.41. The van der Waals surface area contributed by atoms with Crippen molar-refractivity contribution in [3.8, 4) is 11.1 Å².